The zero-order chi connectivity index (χ0) is 29.4. The van der Waals surface area contributed by atoms with Gasteiger partial charge in [-0.15, -0.1) is 0 Å². The Labute approximate surface area is 243 Å². The van der Waals surface area contributed by atoms with Gasteiger partial charge in [-0.1, -0.05) is 64.5 Å². The Bertz CT molecular complexity index is 1510. The Balaban J connectivity index is 1.44. The molecule has 0 saturated carbocycles. The van der Waals surface area contributed by atoms with Gasteiger partial charge in [0.05, 0.1) is 18.3 Å². The minimum absolute atomic E-state index is 0.00304. The second-order valence-electron chi connectivity index (χ2n) is 9.12. The molecular weight excluding hydrogens is 621 g/mol. The summed E-state index contributed by atoms with van der Waals surface area (Å²) in [4.78, 5) is 40.7. The number of para-hydroxylation sites is 1. The van der Waals surface area contributed by atoms with Crippen molar-refractivity contribution >= 4 is 35.7 Å². The van der Waals surface area contributed by atoms with Crippen LogP contribution >= 0.6 is 23.7 Å². The molecule has 12 nitrogen and oxygen atoms in total. The molecule has 1 saturated heterocycles. The number of halogens is 1. The average Bonchev–Trinajstić information content (AvgIpc) is 3.33. The van der Waals surface area contributed by atoms with Gasteiger partial charge in [0, 0.05) is 12.6 Å². The highest BCUT2D eigenvalue weighted by Gasteiger charge is 2.39. The molecule has 0 bridgehead atoms. The van der Waals surface area contributed by atoms with Gasteiger partial charge < -0.3 is 19.1 Å². The van der Waals surface area contributed by atoms with E-state index >= 15 is 0 Å². The van der Waals surface area contributed by atoms with Crippen LogP contribution in [0.2, 0.25) is 0 Å². The predicted molar refractivity (Wildman–Crippen MR) is 153 cm³/mol. The normalized spacial score (nSPS) is 20.9. The molecule has 1 aromatic heterocycles. The summed E-state index contributed by atoms with van der Waals surface area (Å²) in [5.74, 6) is -0.469. The van der Waals surface area contributed by atoms with Crippen LogP contribution in [-0.2, 0) is 30.0 Å². The number of nitrogens with zero attached hydrogens (tertiary/aromatic N) is 1. The molecule has 2 heterocycles. The fraction of sp³-hybridized carbons (Fsp3) is 0.296. The lowest BCUT2D eigenvalue weighted by molar-refractivity contribution is -0.146. The van der Waals surface area contributed by atoms with Crippen molar-refractivity contribution in [3.05, 3.63) is 104 Å². The maximum absolute atomic E-state index is 13.8. The van der Waals surface area contributed by atoms with Gasteiger partial charge >= 0.3 is 19.4 Å². The zero-order valence-electron chi connectivity index (χ0n) is 21.9. The highest BCUT2D eigenvalue weighted by atomic mass is 79.9. The Morgan fingerprint density at radius 3 is 2.59 bits per heavy atom. The SMILES string of the molecule is C[C@H](NP(=O)(OC[C@H]1O[C@@H](n2cc(/C=C/Br)c(=O)[nH]c2=O)C[C@@H]1O)Oc1ccccc1)C(=O)OCc1ccccc1. The van der Waals surface area contributed by atoms with Crippen LogP contribution in [0.4, 0.5) is 0 Å². The number of aliphatic hydroxyl groups excluding tert-OH is 1. The quantitative estimate of drug-likeness (QED) is 0.196. The first-order chi connectivity index (χ1) is 19.7. The predicted octanol–water partition coefficient (Wildman–Crippen LogP) is 3.48. The zero-order valence-corrected chi connectivity index (χ0v) is 24.4. The van der Waals surface area contributed by atoms with Crippen molar-refractivity contribution in [3.8, 4) is 5.75 Å². The molecule has 3 aromatic rings. The Hall–Kier alpha value is -3.32. The van der Waals surface area contributed by atoms with Gasteiger partial charge in [0.25, 0.3) is 5.56 Å². The minimum Gasteiger partial charge on any atom is -0.460 e. The number of carbonyl (C=O) groups excluding carboxylic acids is 1. The Morgan fingerprint density at radius 2 is 1.90 bits per heavy atom. The lowest BCUT2D eigenvalue weighted by Crippen LogP contribution is -2.36. The van der Waals surface area contributed by atoms with Crippen molar-refractivity contribution in [2.45, 2.75) is 44.4 Å². The van der Waals surface area contributed by atoms with E-state index in [4.69, 9.17) is 18.5 Å². The van der Waals surface area contributed by atoms with Crippen molar-refractivity contribution in [2.75, 3.05) is 6.61 Å². The van der Waals surface area contributed by atoms with Gasteiger partial charge in [0.15, 0.2) is 0 Å². The van der Waals surface area contributed by atoms with Crippen LogP contribution in [0.5, 0.6) is 5.75 Å². The summed E-state index contributed by atoms with van der Waals surface area (Å²) in [5.41, 5.74) is -0.325. The molecule has 5 atom stereocenters. The standard InChI is InChI=1S/C27H29BrN3O9P/c1-18(26(34)37-16-19-8-4-2-5-9-19)30-41(36,40-21-10-6-3-7-11-21)38-17-23-22(32)14-24(39-23)31-15-20(12-13-28)25(33)29-27(31)35/h2-13,15,18,22-24,32H,14,16-17H2,1H3,(H,30,36)(H,29,33,35)/b13-12+/t18-,22-,23+,24+,41?/m0/s1. The molecule has 0 aliphatic carbocycles. The van der Waals surface area contributed by atoms with Gasteiger partial charge in [0.2, 0.25) is 0 Å². The van der Waals surface area contributed by atoms with Crippen LogP contribution in [0.15, 0.2) is 81.4 Å². The van der Waals surface area contributed by atoms with Crippen molar-refractivity contribution in [2.24, 2.45) is 0 Å². The van der Waals surface area contributed by atoms with Crippen molar-refractivity contribution in [3.63, 3.8) is 0 Å². The topological polar surface area (TPSA) is 158 Å². The van der Waals surface area contributed by atoms with Crippen molar-refractivity contribution in [1.82, 2.24) is 14.6 Å². The first-order valence-corrected chi connectivity index (χ1v) is 15.1. The molecular formula is C27H29BrN3O9P. The first-order valence-electron chi connectivity index (χ1n) is 12.6. The molecule has 3 N–H and O–H groups in total. The molecule has 218 valence electrons. The molecule has 4 rings (SSSR count). The van der Waals surface area contributed by atoms with Crippen LogP contribution < -0.4 is 20.9 Å². The second kappa shape index (κ2) is 14.0. The van der Waals surface area contributed by atoms with Crippen LogP contribution in [-0.4, -0.2) is 45.5 Å². The maximum Gasteiger partial charge on any atom is 0.459 e. The van der Waals surface area contributed by atoms with E-state index in [9.17, 15) is 24.1 Å². The molecule has 0 radical (unpaired) electrons. The summed E-state index contributed by atoms with van der Waals surface area (Å²) < 4.78 is 37.4. The summed E-state index contributed by atoms with van der Waals surface area (Å²) in [6, 6.07) is 16.2. The van der Waals surface area contributed by atoms with E-state index in [1.165, 1.54) is 24.2 Å². The number of aromatic amines is 1. The number of carbonyl (C=O) groups is 1. The van der Waals surface area contributed by atoms with E-state index in [1.54, 1.807) is 42.5 Å². The number of aliphatic hydroxyl groups is 1. The van der Waals surface area contributed by atoms with Gasteiger partial charge in [-0.05, 0) is 35.7 Å². The number of esters is 1. The van der Waals surface area contributed by atoms with Crippen LogP contribution in [0.1, 0.15) is 30.7 Å². The van der Waals surface area contributed by atoms with E-state index < -0.39 is 56.0 Å². The third-order valence-corrected chi connectivity index (χ3v) is 7.97. The van der Waals surface area contributed by atoms with Gasteiger partial charge in [-0.25, -0.2) is 9.36 Å². The number of hydrogen-bond acceptors (Lipinski definition) is 9. The number of benzene rings is 2. The summed E-state index contributed by atoms with van der Waals surface area (Å²) >= 11 is 3.09. The highest BCUT2D eigenvalue weighted by molar-refractivity contribution is 9.11. The molecule has 1 unspecified atom stereocenters. The third kappa shape index (κ3) is 8.35. The number of aromatic nitrogens is 2. The summed E-state index contributed by atoms with van der Waals surface area (Å²) in [6.07, 6.45) is -0.282. The fourth-order valence-corrected chi connectivity index (χ4v) is 5.75. The maximum atomic E-state index is 13.8. The first kappa shape index (κ1) is 30.6. The summed E-state index contributed by atoms with van der Waals surface area (Å²) in [7, 11) is -4.22. The number of H-pyrrole nitrogens is 1. The Morgan fingerprint density at radius 1 is 1.22 bits per heavy atom. The molecule has 14 heteroatoms. The van der Waals surface area contributed by atoms with E-state index in [1.807, 2.05) is 18.2 Å². The number of ether oxygens (including phenoxy) is 2. The van der Waals surface area contributed by atoms with E-state index in [-0.39, 0.29) is 24.3 Å². The summed E-state index contributed by atoms with van der Waals surface area (Å²) in [6.45, 7) is 1.07. The Kier molecular flexibility index (Phi) is 10.5. The van der Waals surface area contributed by atoms with Crippen molar-refractivity contribution < 1.29 is 33.0 Å². The highest BCUT2D eigenvalue weighted by Crippen LogP contribution is 2.46. The molecule has 1 aliphatic rings. The third-order valence-electron chi connectivity index (χ3n) is 6.06. The molecule has 1 fully saturated rings. The lowest BCUT2D eigenvalue weighted by atomic mass is 10.2. The van der Waals surface area contributed by atoms with E-state index in [0.29, 0.717) is 0 Å². The van der Waals surface area contributed by atoms with Crippen LogP contribution in [0.3, 0.4) is 0 Å². The molecule has 2 aromatic carbocycles. The van der Waals surface area contributed by atoms with Gasteiger partial charge in [0.1, 0.15) is 30.7 Å². The van der Waals surface area contributed by atoms with Gasteiger partial charge in [-0.2, -0.15) is 5.09 Å². The molecule has 1 aliphatic heterocycles. The van der Waals surface area contributed by atoms with Gasteiger partial charge in [-0.3, -0.25) is 23.7 Å². The molecule has 0 spiro atoms. The fourth-order valence-electron chi connectivity index (χ4n) is 3.96. The lowest BCUT2D eigenvalue weighted by Gasteiger charge is -2.24. The molecule has 0 amide bonds. The average molecular weight is 650 g/mol. The summed E-state index contributed by atoms with van der Waals surface area (Å²) in [5, 5.41) is 13.2. The van der Waals surface area contributed by atoms with E-state index in [0.717, 1.165) is 10.1 Å². The number of nitrogens with one attached hydrogen (secondary N) is 2. The monoisotopic (exact) mass is 649 g/mol. The molecule has 41 heavy (non-hydrogen) atoms. The van der Waals surface area contributed by atoms with E-state index in [2.05, 4.69) is 26.0 Å². The number of hydrogen-bond donors (Lipinski definition) is 3. The van der Waals surface area contributed by atoms with Crippen LogP contribution in [0, 0.1) is 0 Å². The smallest absolute Gasteiger partial charge is 0.459 e. The van der Waals surface area contributed by atoms with Crippen molar-refractivity contribution in [1.29, 1.82) is 0 Å². The van der Waals surface area contributed by atoms with Crippen LogP contribution in [0.25, 0.3) is 6.08 Å². The minimum atomic E-state index is -4.22. The number of rotatable bonds is 12. The second-order valence-corrected chi connectivity index (χ2v) is 11.3. The largest absolute Gasteiger partial charge is 0.460 e.